The van der Waals surface area contributed by atoms with Gasteiger partial charge in [-0.05, 0) is 47.3 Å². The molecule has 1 N–H and O–H groups in total. The van der Waals surface area contributed by atoms with Crippen LogP contribution in [0.4, 0.5) is 0 Å². The van der Waals surface area contributed by atoms with E-state index in [0.717, 1.165) is 11.3 Å². The molecule has 0 aliphatic heterocycles. The van der Waals surface area contributed by atoms with Crippen LogP contribution in [0.5, 0.6) is 5.75 Å². The molecule has 146 valence electrons. The van der Waals surface area contributed by atoms with Gasteiger partial charge in [-0.1, -0.05) is 23.7 Å². The van der Waals surface area contributed by atoms with Crippen LogP contribution < -0.4 is 10.1 Å². The van der Waals surface area contributed by atoms with Gasteiger partial charge in [0.1, 0.15) is 15.2 Å². The van der Waals surface area contributed by atoms with Gasteiger partial charge in [-0.3, -0.25) is 9.78 Å². The van der Waals surface area contributed by atoms with E-state index in [1.807, 2.05) is 0 Å². The molecule has 0 fully saturated rings. The van der Waals surface area contributed by atoms with E-state index < -0.39 is 21.0 Å². The van der Waals surface area contributed by atoms with Crippen LogP contribution in [-0.4, -0.2) is 32.5 Å². The zero-order chi connectivity index (χ0) is 20.0. The largest absolute Gasteiger partial charge is 0.484 e. The summed E-state index contributed by atoms with van der Waals surface area (Å²) in [5.74, 6) is 0.0692. The quantitative estimate of drug-likeness (QED) is 0.584. The Kier molecular flexibility index (Phi) is 6.66. The molecule has 0 bridgehead atoms. The highest BCUT2D eigenvalue weighted by Gasteiger charge is 2.30. The van der Waals surface area contributed by atoms with Gasteiger partial charge in [-0.25, -0.2) is 8.42 Å². The van der Waals surface area contributed by atoms with E-state index in [2.05, 4.69) is 10.3 Å². The number of ether oxygens (including phenoxy) is 1. The van der Waals surface area contributed by atoms with Crippen molar-refractivity contribution in [3.63, 3.8) is 0 Å². The number of halogens is 1. The van der Waals surface area contributed by atoms with E-state index in [1.165, 1.54) is 6.20 Å². The van der Waals surface area contributed by atoms with Crippen molar-refractivity contribution in [2.45, 2.75) is 9.46 Å². The van der Waals surface area contributed by atoms with E-state index >= 15 is 0 Å². The molecule has 0 aliphatic rings. The lowest BCUT2D eigenvalue weighted by molar-refractivity contribution is -0.123. The monoisotopic (exact) mass is 436 g/mol. The Morgan fingerprint density at radius 1 is 1.18 bits per heavy atom. The first kappa shape index (κ1) is 20.3. The highest BCUT2D eigenvalue weighted by atomic mass is 35.5. The van der Waals surface area contributed by atoms with Gasteiger partial charge >= 0.3 is 0 Å². The molecule has 2 heterocycles. The molecule has 3 aromatic rings. The average Bonchev–Trinajstić information content (AvgIpc) is 3.24. The maximum Gasteiger partial charge on any atom is 0.257 e. The van der Waals surface area contributed by atoms with Crippen molar-refractivity contribution in [2.24, 2.45) is 0 Å². The number of sulfone groups is 1. The predicted octanol–water partition coefficient (Wildman–Crippen LogP) is 3.51. The molecule has 1 atom stereocenters. The molecule has 6 nitrogen and oxygen atoms in total. The number of carbonyl (C=O) groups excluding carboxylic acids is 1. The maximum absolute atomic E-state index is 13.0. The van der Waals surface area contributed by atoms with Crippen LogP contribution in [0.25, 0.3) is 0 Å². The Balaban J connectivity index is 1.68. The van der Waals surface area contributed by atoms with Crippen molar-refractivity contribution in [1.82, 2.24) is 10.3 Å². The smallest absolute Gasteiger partial charge is 0.257 e. The summed E-state index contributed by atoms with van der Waals surface area (Å²) in [7, 11) is -3.67. The van der Waals surface area contributed by atoms with Gasteiger partial charge in [0.2, 0.25) is 0 Å². The number of nitrogens with one attached hydrogen (secondary N) is 1. The Morgan fingerprint density at radius 2 is 1.96 bits per heavy atom. The molecular formula is C19H17ClN2O4S2. The second kappa shape index (κ2) is 9.18. The molecule has 28 heavy (non-hydrogen) atoms. The van der Waals surface area contributed by atoms with Crippen LogP contribution in [-0.2, 0) is 14.6 Å². The zero-order valence-electron chi connectivity index (χ0n) is 14.6. The molecule has 0 saturated carbocycles. The number of carbonyl (C=O) groups is 1. The third-order valence-corrected chi connectivity index (χ3v) is 7.66. The lowest BCUT2D eigenvalue weighted by Crippen LogP contribution is -2.34. The van der Waals surface area contributed by atoms with Gasteiger partial charge in [-0.15, -0.1) is 11.3 Å². The molecule has 9 heteroatoms. The van der Waals surface area contributed by atoms with E-state index in [9.17, 15) is 13.2 Å². The second-order valence-corrected chi connectivity index (χ2v) is 9.54. The van der Waals surface area contributed by atoms with Gasteiger partial charge in [-0.2, -0.15) is 0 Å². The maximum atomic E-state index is 13.0. The number of aromatic nitrogens is 1. The molecule has 0 unspecified atom stereocenters. The third-order valence-electron chi connectivity index (χ3n) is 3.87. The number of pyridine rings is 1. The van der Waals surface area contributed by atoms with E-state index in [1.54, 1.807) is 60.1 Å². The van der Waals surface area contributed by atoms with E-state index in [4.69, 9.17) is 16.3 Å². The number of thiophene rings is 1. The van der Waals surface area contributed by atoms with Gasteiger partial charge < -0.3 is 10.1 Å². The number of hydrogen-bond acceptors (Lipinski definition) is 6. The van der Waals surface area contributed by atoms with Crippen molar-refractivity contribution >= 4 is 38.7 Å². The molecule has 3 rings (SSSR count). The van der Waals surface area contributed by atoms with Gasteiger partial charge in [0.05, 0.1) is 0 Å². The number of amides is 1. The lowest BCUT2D eigenvalue weighted by atomic mass is 10.2. The van der Waals surface area contributed by atoms with Crippen LogP contribution in [0, 0.1) is 0 Å². The van der Waals surface area contributed by atoms with Crippen molar-refractivity contribution in [3.05, 3.63) is 76.9 Å². The van der Waals surface area contributed by atoms with Crippen LogP contribution >= 0.6 is 22.9 Å². The fourth-order valence-corrected chi connectivity index (χ4v) is 5.45. The van der Waals surface area contributed by atoms with Crippen LogP contribution in [0.15, 0.2) is 70.5 Å². The van der Waals surface area contributed by atoms with Crippen molar-refractivity contribution in [2.75, 3.05) is 13.2 Å². The summed E-state index contributed by atoms with van der Waals surface area (Å²) in [5.41, 5.74) is 0.509. The van der Waals surface area contributed by atoms with Crippen LogP contribution in [0.2, 0.25) is 5.02 Å². The van der Waals surface area contributed by atoms with Crippen molar-refractivity contribution in [1.29, 1.82) is 0 Å². The normalized spacial score (nSPS) is 12.3. The molecule has 0 saturated heterocycles. The van der Waals surface area contributed by atoms with Crippen LogP contribution in [0.1, 0.15) is 10.8 Å². The van der Waals surface area contributed by atoms with Gasteiger partial charge in [0, 0.05) is 24.0 Å². The number of nitrogens with zero attached hydrogens (tertiary/aromatic N) is 1. The highest BCUT2D eigenvalue weighted by Crippen LogP contribution is 2.30. The summed E-state index contributed by atoms with van der Waals surface area (Å²) in [5, 5.41) is 3.96. The Morgan fingerprint density at radius 3 is 2.61 bits per heavy atom. The topological polar surface area (TPSA) is 85.4 Å². The standard InChI is InChI=1S/C19H17ClN2O4S2/c20-15-5-7-16(8-6-15)26-13-18(23)22-12-17(14-3-1-9-21-11-14)28(24,25)19-4-2-10-27-19/h1-11,17H,12-13H2,(H,22,23)/t17-/m1/s1. The Labute approximate surface area is 172 Å². The van der Waals surface area contributed by atoms with Crippen molar-refractivity contribution in [3.8, 4) is 5.75 Å². The summed E-state index contributed by atoms with van der Waals surface area (Å²) in [4.78, 5) is 16.2. The Hall–Kier alpha value is -2.42. The number of benzene rings is 1. The average molecular weight is 437 g/mol. The molecular weight excluding hydrogens is 420 g/mol. The minimum Gasteiger partial charge on any atom is -0.484 e. The Bertz CT molecular complexity index is 1010. The summed E-state index contributed by atoms with van der Waals surface area (Å²) in [6.07, 6.45) is 3.06. The fourth-order valence-electron chi connectivity index (χ4n) is 2.48. The number of hydrogen-bond donors (Lipinski definition) is 1. The molecule has 0 radical (unpaired) electrons. The molecule has 0 aliphatic carbocycles. The first-order valence-electron chi connectivity index (χ1n) is 8.29. The van der Waals surface area contributed by atoms with E-state index in [0.29, 0.717) is 16.3 Å². The highest BCUT2D eigenvalue weighted by molar-refractivity contribution is 7.93. The molecule has 1 aromatic carbocycles. The third kappa shape index (κ3) is 5.09. The summed E-state index contributed by atoms with van der Waals surface area (Å²) >= 11 is 6.95. The SMILES string of the molecule is O=C(COc1ccc(Cl)cc1)NC[C@H](c1cccnc1)S(=O)(=O)c1cccs1. The van der Waals surface area contributed by atoms with Gasteiger partial charge in [0.15, 0.2) is 16.4 Å². The van der Waals surface area contributed by atoms with Crippen LogP contribution in [0.3, 0.4) is 0 Å². The summed E-state index contributed by atoms with van der Waals surface area (Å²) < 4.78 is 31.6. The molecule has 1 amide bonds. The first-order valence-corrected chi connectivity index (χ1v) is 11.1. The minimum absolute atomic E-state index is 0.0886. The minimum atomic E-state index is -3.67. The fraction of sp³-hybridized carbons (Fsp3) is 0.158. The van der Waals surface area contributed by atoms with E-state index in [-0.39, 0.29) is 17.4 Å². The van der Waals surface area contributed by atoms with Crippen molar-refractivity contribution < 1.29 is 17.9 Å². The first-order chi connectivity index (χ1) is 13.5. The molecule has 0 spiro atoms. The predicted molar refractivity (Wildman–Crippen MR) is 108 cm³/mol. The summed E-state index contributed by atoms with van der Waals surface area (Å²) in [6.45, 7) is -0.324. The zero-order valence-corrected chi connectivity index (χ0v) is 17.0. The molecule has 2 aromatic heterocycles. The lowest BCUT2D eigenvalue weighted by Gasteiger charge is -2.18. The summed E-state index contributed by atoms with van der Waals surface area (Å²) in [6, 6.07) is 13.2. The van der Waals surface area contributed by atoms with Gasteiger partial charge in [0.25, 0.3) is 5.91 Å². The second-order valence-electron chi connectivity index (χ2n) is 5.80. The number of rotatable bonds is 8.